The van der Waals surface area contributed by atoms with Crippen molar-refractivity contribution in [2.75, 3.05) is 6.61 Å². The van der Waals surface area contributed by atoms with Gasteiger partial charge in [0.1, 0.15) is 0 Å². The predicted molar refractivity (Wildman–Crippen MR) is 136 cm³/mol. The van der Waals surface area contributed by atoms with E-state index >= 15 is 0 Å². The standard InChI is InChI=1S/C30H26N2O2/c1-2-34-30(31-29(33)24-18-16-23(17-19-24)22-10-4-3-5-11-22)32-20-25-12-6-8-14-27(25)28-15-9-7-13-26(28)21-32/h3-19H,2,20-21H2,1H3/b31-30-. The number of ether oxygens (including phenoxy) is 1. The Kier molecular flexibility index (Phi) is 6.21. The molecule has 0 fully saturated rings. The van der Waals surface area contributed by atoms with Crippen molar-refractivity contribution in [1.29, 1.82) is 0 Å². The summed E-state index contributed by atoms with van der Waals surface area (Å²) in [5, 5.41) is 0. The monoisotopic (exact) mass is 446 g/mol. The Balaban J connectivity index is 1.45. The molecule has 168 valence electrons. The lowest BCUT2D eigenvalue weighted by Crippen LogP contribution is -2.32. The fraction of sp³-hybridized carbons (Fsp3) is 0.133. The first-order valence-corrected chi connectivity index (χ1v) is 11.6. The Morgan fingerprint density at radius 3 is 1.85 bits per heavy atom. The Bertz CT molecular complexity index is 1280. The van der Waals surface area contributed by atoms with Gasteiger partial charge in [-0.25, -0.2) is 0 Å². The van der Waals surface area contributed by atoms with Gasteiger partial charge in [0.05, 0.1) is 6.61 Å². The van der Waals surface area contributed by atoms with Crippen LogP contribution in [0.15, 0.2) is 108 Å². The van der Waals surface area contributed by atoms with Gasteiger partial charge in [-0.05, 0) is 52.4 Å². The van der Waals surface area contributed by atoms with E-state index < -0.39 is 0 Å². The van der Waals surface area contributed by atoms with Crippen LogP contribution in [0.25, 0.3) is 22.3 Å². The van der Waals surface area contributed by atoms with Gasteiger partial charge in [-0.3, -0.25) is 4.79 Å². The lowest BCUT2D eigenvalue weighted by Gasteiger charge is -2.24. The summed E-state index contributed by atoms with van der Waals surface area (Å²) >= 11 is 0. The van der Waals surface area contributed by atoms with Crippen molar-refractivity contribution < 1.29 is 9.53 Å². The van der Waals surface area contributed by atoms with Crippen LogP contribution in [-0.4, -0.2) is 23.4 Å². The van der Waals surface area contributed by atoms with E-state index in [1.165, 1.54) is 22.3 Å². The largest absolute Gasteiger partial charge is 0.465 e. The van der Waals surface area contributed by atoms with Gasteiger partial charge in [-0.2, -0.15) is 4.99 Å². The van der Waals surface area contributed by atoms with Crippen LogP contribution in [0.3, 0.4) is 0 Å². The first-order chi connectivity index (χ1) is 16.7. The molecule has 0 spiro atoms. The number of hydrogen-bond acceptors (Lipinski definition) is 2. The highest BCUT2D eigenvalue weighted by atomic mass is 16.5. The maximum absolute atomic E-state index is 13.1. The lowest BCUT2D eigenvalue weighted by molar-refractivity contribution is 0.0993. The Labute approximate surface area is 200 Å². The predicted octanol–water partition coefficient (Wildman–Crippen LogP) is 6.57. The molecule has 1 aliphatic heterocycles. The van der Waals surface area contributed by atoms with Crippen LogP contribution in [0, 0.1) is 0 Å². The molecule has 5 rings (SSSR count). The van der Waals surface area contributed by atoms with Crippen LogP contribution in [0.4, 0.5) is 0 Å². The van der Waals surface area contributed by atoms with E-state index in [0.29, 0.717) is 31.3 Å². The number of nitrogens with zero attached hydrogens (tertiary/aromatic N) is 2. The quantitative estimate of drug-likeness (QED) is 0.264. The van der Waals surface area contributed by atoms with E-state index in [1.807, 2.05) is 66.4 Å². The second-order valence-electron chi connectivity index (χ2n) is 8.25. The smallest absolute Gasteiger partial charge is 0.296 e. The third-order valence-corrected chi connectivity index (χ3v) is 6.03. The number of amides is 1. The van der Waals surface area contributed by atoms with Crippen LogP contribution in [0.5, 0.6) is 0 Å². The molecule has 4 heteroatoms. The molecule has 0 aromatic heterocycles. The molecule has 1 heterocycles. The number of benzene rings is 4. The number of carbonyl (C=O) groups is 1. The van der Waals surface area contributed by atoms with Gasteiger partial charge in [-0.1, -0.05) is 91.0 Å². The van der Waals surface area contributed by atoms with Crippen molar-refractivity contribution in [1.82, 2.24) is 4.90 Å². The first kappa shape index (κ1) is 21.7. The van der Waals surface area contributed by atoms with Crippen LogP contribution >= 0.6 is 0 Å². The molecule has 1 amide bonds. The zero-order valence-electron chi connectivity index (χ0n) is 19.1. The minimum atomic E-state index is -0.311. The maximum atomic E-state index is 13.1. The van der Waals surface area contributed by atoms with E-state index in [4.69, 9.17) is 4.74 Å². The lowest BCUT2D eigenvalue weighted by atomic mass is 9.97. The Morgan fingerprint density at radius 1 is 0.735 bits per heavy atom. The highest BCUT2D eigenvalue weighted by Gasteiger charge is 2.23. The molecule has 0 N–H and O–H groups in total. The summed E-state index contributed by atoms with van der Waals surface area (Å²) in [6.07, 6.45) is 0. The average molecular weight is 447 g/mol. The molecule has 0 saturated carbocycles. The van der Waals surface area contributed by atoms with Crippen molar-refractivity contribution >= 4 is 11.9 Å². The minimum absolute atomic E-state index is 0.311. The van der Waals surface area contributed by atoms with Crippen molar-refractivity contribution in [3.8, 4) is 22.3 Å². The van der Waals surface area contributed by atoms with Gasteiger partial charge in [0.2, 0.25) is 0 Å². The van der Waals surface area contributed by atoms with Crippen molar-refractivity contribution in [2.24, 2.45) is 4.99 Å². The summed E-state index contributed by atoms with van der Waals surface area (Å²) in [7, 11) is 0. The molecule has 1 aliphatic rings. The number of hydrogen-bond donors (Lipinski definition) is 0. The molecular weight excluding hydrogens is 420 g/mol. The van der Waals surface area contributed by atoms with Crippen LogP contribution in [0.2, 0.25) is 0 Å². The minimum Gasteiger partial charge on any atom is -0.465 e. The fourth-order valence-electron chi connectivity index (χ4n) is 4.35. The van der Waals surface area contributed by atoms with Gasteiger partial charge < -0.3 is 9.64 Å². The van der Waals surface area contributed by atoms with Crippen molar-refractivity contribution in [3.63, 3.8) is 0 Å². The molecule has 4 nitrogen and oxygen atoms in total. The number of rotatable bonds is 3. The first-order valence-electron chi connectivity index (χ1n) is 11.6. The van der Waals surface area contributed by atoms with Gasteiger partial charge in [-0.15, -0.1) is 0 Å². The normalized spacial score (nSPS) is 13.0. The molecule has 4 aromatic carbocycles. The topological polar surface area (TPSA) is 41.9 Å². The van der Waals surface area contributed by atoms with E-state index in [0.717, 1.165) is 11.1 Å². The molecular formula is C30H26N2O2. The van der Waals surface area contributed by atoms with Gasteiger partial charge in [0, 0.05) is 18.7 Å². The van der Waals surface area contributed by atoms with E-state index in [2.05, 4.69) is 53.5 Å². The highest BCUT2D eigenvalue weighted by molar-refractivity contribution is 6.01. The van der Waals surface area contributed by atoms with Crippen LogP contribution in [-0.2, 0) is 17.8 Å². The number of aliphatic imine (C=N–C) groups is 1. The SMILES string of the molecule is CCO/C(=N\C(=O)c1ccc(-c2ccccc2)cc1)N1Cc2ccccc2-c2ccccc2C1. The highest BCUT2D eigenvalue weighted by Crippen LogP contribution is 2.32. The van der Waals surface area contributed by atoms with Gasteiger partial charge in [0.15, 0.2) is 0 Å². The molecule has 4 aromatic rings. The fourth-order valence-corrected chi connectivity index (χ4v) is 4.35. The zero-order chi connectivity index (χ0) is 23.3. The summed E-state index contributed by atoms with van der Waals surface area (Å²) in [5.74, 6) is -0.311. The van der Waals surface area contributed by atoms with E-state index in [1.54, 1.807) is 0 Å². The maximum Gasteiger partial charge on any atom is 0.296 e. The third-order valence-electron chi connectivity index (χ3n) is 6.03. The number of amidine groups is 1. The molecule has 0 unspecified atom stereocenters. The molecule has 0 radical (unpaired) electrons. The second-order valence-corrected chi connectivity index (χ2v) is 8.25. The molecule has 0 aliphatic carbocycles. The van der Waals surface area contributed by atoms with Gasteiger partial charge >= 0.3 is 0 Å². The number of carbonyl (C=O) groups excluding carboxylic acids is 1. The molecule has 0 atom stereocenters. The Hall–Kier alpha value is -4.18. The molecule has 34 heavy (non-hydrogen) atoms. The van der Waals surface area contributed by atoms with E-state index in [9.17, 15) is 4.79 Å². The van der Waals surface area contributed by atoms with Gasteiger partial charge in [0.25, 0.3) is 11.9 Å². The van der Waals surface area contributed by atoms with Crippen LogP contribution < -0.4 is 0 Å². The summed E-state index contributed by atoms with van der Waals surface area (Å²) in [5.41, 5.74) is 7.49. The summed E-state index contributed by atoms with van der Waals surface area (Å²) in [6.45, 7) is 3.57. The molecule has 0 saturated heterocycles. The van der Waals surface area contributed by atoms with Crippen LogP contribution in [0.1, 0.15) is 28.4 Å². The second kappa shape index (κ2) is 9.75. The third kappa shape index (κ3) is 4.48. The summed E-state index contributed by atoms with van der Waals surface area (Å²) < 4.78 is 5.91. The van der Waals surface area contributed by atoms with E-state index in [-0.39, 0.29) is 5.91 Å². The number of fused-ring (bicyclic) bond motifs is 3. The summed E-state index contributed by atoms with van der Waals surface area (Å²) in [6, 6.07) is 34.8. The van der Waals surface area contributed by atoms with Crippen molar-refractivity contribution in [2.45, 2.75) is 20.0 Å². The summed E-state index contributed by atoms with van der Waals surface area (Å²) in [4.78, 5) is 19.6. The van der Waals surface area contributed by atoms with Crippen molar-refractivity contribution in [3.05, 3.63) is 120 Å². The zero-order valence-corrected chi connectivity index (χ0v) is 19.1. The Morgan fingerprint density at radius 2 is 1.26 bits per heavy atom. The molecule has 0 bridgehead atoms. The average Bonchev–Trinajstić information content (AvgIpc) is 3.06.